The summed E-state index contributed by atoms with van der Waals surface area (Å²) in [5.74, 6) is -6.77. The van der Waals surface area contributed by atoms with Gasteiger partial charge in [0.2, 0.25) is 11.8 Å². The van der Waals surface area contributed by atoms with Crippen molar-refractivity contribution >= 4 is 69.8 Å². The van der Waals surface area contributed by atoms with Crippen molar-refractivity contribution in [3.63, 3.8) is 0 Å². The number of hydrogen-bond acceptors (Lipinski definition) is 14. The van der Waals surface area contributed by atoms with Crippen molar-refractivity contribution in [3.05, 3.63) is 136 Å². The molecule has 0 radical (unpaired) electrons. The number of nitrogens with zero attached hydrogens (tertiary/aromatic N) is 1. The number of primary amides is 1. The van der Waals surface area contributed by atoms with Crippen LogP contribution in [0.2, 0.25) is 0 Å². The highest BCUT2D eigenvalue weighted by Gasteiger charge is 2.35. The average molecular weight is 921 g/mol. The smallest absolute Gasteiger partial charge is 0.335 e. The summed E-state index contributed by atoms with van der Waals surface area (Å²) in [6.07, 6.45) is -2.53. The molecule has 0 bridgehead atoms. The lowest BCUT2D eigenvalue weighted by molar-refractivity contribution is -0.134. The van der Waals surface area contributed by atoms with Gasteiger partial charge < -0.3 is 67.2 Å². The second kappa shape index (κ2) is 21.9. The van der Waals surface area contributed by atoms with Gasteiger partial charge in [-0.25, -0.2) is 4.79 Å². The van der Waals surface area contributed by atoms with Crippen LogP contribution in [-0.4, -0.2) is 88.3 Å². The van der Waals surface area contributed by atoms with Crippen LogP contribution in [0, 0.1) is 5.21 Å². The molecule has 0 saturated carbocycles. The van der Waals surface area contributed by atoms with E-state index in [0.717, 1.165) is 7.11 Å². The van der Waals surface area contributed by atoms with Crippen molar-refractivity contribution < 1.29 is 63.2 Å². The zero-order valence-electron chi connectivity index (χ0n) is 36.5. The third-order valence-electron chi connectivity index (χ3n) is 9.39. The minimum Gasteiger partial charge on any atom is -0.733 e. The molecule has 0 saturated heterocycles. The van der Waals surface area contributed by atoms with Gasteiger partial charge in [-0.15, -0.1) is 0 Å². The summed E-state index contributed by atoms with van der Waals surface area (Å²) in [5.41, 5.74) is 5.94. The van der Waals surface area contributed by atoms with Crippen LogP contribution in [0.3, 0.4) is 0 Å². The van der Waals surface area contributed by atoms with Crippen molar-refractivity contribution in [3.8, 4) is 17.2 Å². The number of carbonyl (C=O) groups excluding carboxylic acids is 6. The van der Waals surface area contributed by atoms with Gasteiger partial charge in [-0.1, -0.05) is 0 Å². The molecular formula is C46H46N7O14-. The van der Waals surface area contributed by atoms with Gasteiger partial charge in [-0.2, -0.15) is 0 Å². The van der Waals surface area contributed by atoms with Crippen LogP contribution in [0.4, 0.5) is 28.4 Å². The SMILES string of the molecule is COC(C(N)=O)C(NC(=O)c1ccc(NC(=O)c2ccc(N([O-])O)cc2)cc1)C(=O)Nc1ccc(C(=O)Nc2ccc(C(=O)Nc3ccc(C(=O)O)cc3OC(C)C)c(O)c2OC(C)C)cc1. The second-order valence-electron chi connectivity index (χ2n) is 15.0. The quantitative estimate of drug-likeness (QED) is 0.0471. The van der Waals surface area contributed by atoms with Crippen molar-refractivity contribution in [2.75, 3.05) is 33.6 Å². The van der Waals surface area contributed by atoms with Gasteiger partial charge in [0.25, 0.3) is 23.6 Å². The van der Waals surface area contributed by atoms with Crippen LogP contribution in [-0.2, 0) is 14.3 Å². The third kappa shape index (κ3) is 12.8. The number of aromatic hydroxyl groups is 1. The van der Waals surface area contributed by atoms with Crippen LogP contribution >= 0.6 is 0 Å². The second-order valence-corrected chi connectivity index (χ2v) is 15.0. The molecule has 10 N–H and O–H groups in total. The Balaban J connectivity index is 1.27. The molecule has 0 aliphatic rings. The Morgan fingerprint density at radius 2 is 1.12 bits per heavy atom. The fourth-order valence-corrected chi connectivity index (χ4v) is 6.20. The number of phenols is 1. The number of ether oxygens (including phenoxy) is 3. The fourth-order valence-electron chi connectivity index (χ4n) is 6.20. The number of methoxy groups -OCH3 is 1. The molecule has 0 heterocycles. The molecular weight excluding hydrogens is 875 g/mol. The molecule has 0 aliphatic heterocycles. The lowest BCUT2D eigenvalue weighted by atomic mass is 10.1. The van der Waals surface area contributed by atoms with E-state index in [0.29, 0.717) is 0 Å². The van der Waals surface area contributed by atoms with Crippen molar-refractivity contribution in [2.45, 2.75) is 52.0 Å². The van der Waals surface area contributed by atoms with Crippen LogP contribution in [0.25, 0.3) is 0 Å². The molecule has 2 atom stereocenters. The van der Waals surface area contributed by atoms with Crippen LogP contribution < -0.4 is 47.0 Å². The molecule has 21 heteroatoms. The Morgan fingerprint density at radius 3 is 1.64 bits per heavy atom. The summed E-state index contributed by atoms with van der Waals surface area (Å²) in [4.78, 5) is 90.3. The molecule has 5 aromatic rings. The standard InChI is InChI=1S/C46H46N7O14/c1-23(2)66-35-22-28(46(61)62)12-20-33(35)50-44(59)32-19-21-34(38(37(32)54)67-24(3)4)51-42(57)25-6-15-30(16-7-25)49-45(60)36(39(65-5)40(47)55)52-43(58)26-8-13-29(14-9-26)48-41(56)27-10-17-31(18-11-27)53(63)64/h6-24,36,39,54,63H,1-5H3,(H2,47,55)(H,48,56)(H,49,60)(H,50,59)(H,51,57)(H,52,58)(H,61,62)/q-1. The predicted molar refractivity (Wildman–Crippen MR) is 244 cm³/mol. The van der Waals surface area contributed by atoms with E-state index in [4.69, 9.17) is 25.2 Å². The summed E-state index contributed by atoms with van der Waals surface area (Å²) in [6.45, 7) is 6.76. The number of carbonyl (C=O) groups is 7. The average Bonchev–Trinajstić information content (AvgIpc) is 3.28. The molecule has 5 rings (SSSR count). The number of anilines is 5. The number of nitrogens with two attached hydrogens (primary N) is 1. The summed E-state index contributed by atoms with van der Waals surface area (Å²) < 4.78 is 16.7. The van der Waals surface area contributed by atoms with E-state index in [-0.39, 0.29) is 79.1 Å². The zero-order chi connectivity index (χ0) is 49.1. The van der Waals surface area contributed by atoms with Crippen molar-refractivity contribution in [2.24, 2.45) is 5.73 Å². The van der Waals surface area contributed by atoms with Gasteiger partial charge in [0, 0.05) is 35.2 Å². The summed E-state index contributed by atoms with van der Waals surface area (Å²) in [7, 11) is 1.11. The molecule has 2 unspecified atom stereocenters. The lowest BCUT2D eigenvalue weighted by Gasteiger charge is -2.24. The first-order chi connectivity index (χ1) is 31.8. The Hall–Kier alpha value is -8.53. The number of nitrogens with one attached hydrogen (secondary N) is 5. The van der Waals surface area contributed by atoms with E-state index in [1.807, 2.05) is 0 Å². The first-order valence-corrected chi connectivity index (χ1v) is 20.2. The summed E-state index contributed by atoms with van der Waals surface area (Å²) in [5, 5.41) is 53.2. The minimum atomic E-state index is -1.66. The largest absolute Gasteiger partial charge is 0.733 e. The highest BCUT2D eigenvalue weighted by Crippen LogP contribution is 2.39. The molecule has 0 aliphatic carbocycles. The highest BCUT2D eigenvalue weighted by molar-refractivity contribution is 6.10. The van der Waals surface area contributed by atoms with E-state index in [9.17, 15) is 49.0 Å². The number of carboxylic acid groups (broad SMARTS) is 1. The number of aromatic carboxylic acids is 1. The zero-order valence-corrected chi connectivity index (χ0v) is 36.5. The summed E-state index contributed by atoms with van der Waals surface area (Å²) in [6, 6.07) is 20.9. The van der Waals surface area contributed by atoms with E-state index >= 15 is 0 Å². The molecule has 350 valence electrons. The summed E-state index contributed by atoms with van der Waals surface area (Å²) >= 11 is 0. The molecule has 6 amide bonds. The van der Waals surface area contributed by atoms with Gasteiger partial charge in [-0.05, 0) is 131 Å². The predicted octanol–water partition coefficient (Wildman–Crippen LogP) is 5.35. The number of phenolic OH excluding ortho intramolecular Hbond substituents is 1. The Bertz CT molecular complexity index is 2650. The van der Waals surface area contributed by atoms with Crippen LogP contribution in [0.15, 0.2) is 103 Å². The molecule has 0 aromatic heterocycles. The van der Waals surface area contributed by atoms with Crippen LogP contribution in [0.5, 0.6) is 17.2 Å². The maximum Gasteiger partial charge on any atom is 0.335 e. The van der Waals surface area contributed by atoms with Gasteiger partial charge >= 0.3 is 5.97 Å². The first kappa shape index (κ1) is 49.5. The number of hydrogen-bond donors (Lipinski definition) is 9. The maximum atomic E-state index is 13.6. The van der Waals surface area contributed by atoms with Gasteiger partial charge in [0.15, 0.2) is 17.6 Å². The molecule has 5 aromatic carbocycles. The van der Waals surface area contributed by atoms with Crippen molar-refractivity contribution in [1.82, 2.24) is 5.32 Å². The monoisotopic (exact) mass is 920 g/mol. The van der Waals surface area contributed by atoms with Gasteiger partial charge in [0.1, 0.15) is 11.8 Å². The molecule has 67 heavy (non-hydrogen) atoms. The molecule has 21 nitrogen and oxygen atoms in total. The minimum absolute atomic E-state index is 0.000993. The molecule has 0 spiro atoms. The van der Waals surface area contributed by atoms with E-state index in [1.54, 1.807) is 27.7 Å². The van der Waals surface area contributed by atoms with Crippen molar-refractivity contribution in [1.29, 1.82) is 0 Å². The number of amides is 6. The Morgan fingerprint density at radius 1 is 0.627 bits per heavy atom. The number of benzene rings is 5. The first-order valence-electron chi connectivity index (χ1n) is 20.2. The van der Waals surface area contributed by atoms with Crippen LogP contribution in [0.1, 0.15) is 79.5 Å². The maximum absolute atomic E-state index is 13.6. The Kier molecular flexibility index (Phi) is 16.2. The number of rotatable bonds is 19. The fraction of sp³-hybridized carbons (Fsp3) is 0.196. The topological polar surface area (TPSA) is 320 Å². The highest BCUT2D eigenvalue weighted by atomic mass is 16.8. The van der Waals surface area contributed by atoms with E-state index in [1.165, 1.54) is 103 Å². The third-order valence-corrected chi connectivity index (χ3v) is 9.39. The number of carboxylic acids is 1. The van der Waals surface area contributed by atoms with Gasteiger partial charge in [0.05, 0.1) is 40.4 Å². The van der Waals surface area contributed by atoms with E-state index < -0.39 is 65.4 Å². The normalized spacial score (nSPS) is 11.7. The van der Waals surface area contributed by atoms with Gasteiger partial charge in [-0.3, -0.25) is 34.0 Å². The Labute approximate surface area is 382 Å². The lowest BCUT2D eigenvalue weighted by Crippen LogP contribution is -2.56. The van der Waals surface area contributed by atoms with E-state index in [2.05, 4.69) is 26.6 Å². The molecule has 0 fully saturated rings.